The Kier molecular flexibility index (Phi) is 2.47. The Hall–Kier alpha value is -0.340. The van der Waals surface area contributed by atoms with Crippen LogP contribution in [0.1, 0.15) is 12.0 Å². The van der Waals surface area contributed by atoms with Gasteiger partial charge in [0.05, 0.1) is 0 Å². The Bertz CT molecular complexity index is 268. The third-order valence-electron chi connectivity index (χ3n) is 2.35. The Balaban J connectivity index is 2.06. The van der Waals surface area contributed by atoms with E-state index in [0.717, 1.165) is 6.42 Å². The van der Waals surface area contributed by atoms with Crippen molar-refractivity contribution in [1.29, 1.82) is 0 Å². The maximum atomic E-state index is 3.55. The largest absolute Gasteiger partial charge is 0.314 e. The molecule has 1 heterocycles. The summed E-state index contributed by atoms with van der Waals surface area (Å²) in [5.74, 6) is 0. The van der Waals surface area contributed by atoms with Crippen molar-refractivity contribution in [3.05, 3.63) is 34.3 Å². The molecule has 0 saturated carbocycles. The van der Waals surface area contributed by atoms with Crippen molar-refractivity contribution in [2.45, 2.75) is 18.9 Å². The van der Waals surface area contributed by atoms with Gasteiger partial charge in [-0.25, -0.2) is 0 Å². The molecule has 1 aliphatic heterocycles. The van der Waals surface area contributed by atoms with Crippen molar-refractivity contribution < 1.29 is 0 Å². The van der Waals surface area contributed by atoms with E-state index in [1.807, 2.05) is 0 Å². The molecule has 2 rings (SSSR count). The molecule has 0 aromatic heterocycles. The van der Waals surface area contributed by atoms with E-state index in [2.05, 4.69) is 45.5 Å². The number of benzene rings is 1. The van der Waals surface area contributed by atoms with Crippen LogP contribution >= 0.6 is 15.9 Å². The normalized spacial score (nSPS) is 21.9. The number of halogens is 1. The van der Waals surface area contributed by atoms with Crippen LogP contribution < -0.4 is 5.32 Å². The Morgan fingerprint density at radius 3 is 2.75 bits per heavy atom. The third-order valence-corrected chi connectivity index (χ3v) is 3.12. The molecule has 1 unspecified atom stereocenters. The average Bonchev–Trinajstić information content (AvgIpc) is 2.00. The van der Waals surface area contributed by atoms with Crippen LogP contribution in [0.15, 0.2) is 28.7 Å². The Morgan fingerprint density at radius 1 is 1.42 bits per heavy atom. The van der Waals surface area contributed by atoms with E-state index >= 15 is 0 Å². The maximum absolute atomic E-state index is 3.55. The Morgan fingerprint density at radius 2 is 2.17 bits per heavy atom. The zero-order valence-electron chi connectivity index (χ0n) is 6.89. The van der Waals surface area contributed by atoms with E-state index < -0.39 is 0 Å². The standard InChI is InChI=1S/C10H12BrN/c11-10-4-2-1-3-8(10)7-9-5-6-12-9/h1-4,9,12H,5-7H2. The summed E-state index contributed by atoms with van der Waals surface area (Å²) in [6, 6.07) is 9.15. The van der Waals surface area contributed by atoms with Gasteiger partial charge in [0.1, 0.15) is 0 Å². The smallest absolute Gasteiger partial charge is 0.0207 e. The van der Waals surface area contributed by atoms with Crippen LogP contribution in [-0.2, 0) is 6.42 Å². The zero-order valence-corrected chi connectivity index (χ0v) is 8.47. The van der Waals surface area contributed by atoms with Crippen LogP contribution in [0.25, 0.3) is 0 Å². The fraction of sp³-hybridized carbons (Fsp3) is 0.400. The van der Waals surface area contributed by atoms with Crippen molar-refractivity contribution in [3.8, 4) is 0 Å². The van der Waals surface area contributed by atoms with Gasteiger partial charge in [0.15, 0.2) is 0 Å². The van der Waals surface area contributed by atoms with E-state index in [9.17, 15) is 0 Å². The van der Waals surface area contributed by atoms with Crippen molar-refractivity contribution in [1.82, 2.24) is 5.32 Å². The monoisotopic (exact) mass is 225 g/mol. The number of hydrogen-bond acceptors (Lipinski definition) is 1. The maximum Gasteiger partial charge on any atom is 0.0207 e. The molecule has 64 valence electrons. The van der Waals surface area contributed by atoms with Gasteiger partial charge in [-0.05, 0) is 31.0 Å². The number of hydrogen-bond donors (Lipinski definition) is 1. The lowest BCUT2D eigenvalue weighted by Crippen LogP contribution is -2.44. The second-order valence-corrected chi connectivity index (χ2v) is 4.09. The molecule has 1 saturated heterocycles. The molecule has 0 spiro atoms. The summed E-state index contributed by atoms with van der Waals surface area (Å²) in [6.45, 7) is 1.19. The predicted molar refractivity (Wildman–Crippen MR) is 54.3 cm³/mol. The van der Waals surface area contributed by atoms with E-state index in [1.165, 1.54) is 23.0 Å². The highest BCUT2D eigenvalue weighted by Gasteiger charge is 2.16. The van der Waals surface area contributed by atoms with Crippen molar-refractivity contribution in [2.75, 3.05) is 6.54 Å². The first-order chi connectivity index (χ1) is 5.86. The lowest BCUT2D eigenvalue weighted by atomic mass is 9.98. The van der Waals surface area contributed by atoms with E-state index in [0.29, 0.717) is 6.04 Å². The van der Waals surface area contributed by atoms with Gasteiger partial charge in [-0.3, -0.25) is 0 Å². The Labute approximate surface area is 81.3 Å². The fourth-order valence-electron chi connectivity index (χ4n) is 1.45. The minimum absolute atomic E-state index is 0.712. The summed E-state index contributed by atoms with van der Waals surface area (Å²) in [6.07, 6.45) is 2.47. The van der Waals surface area contributed by atoms with Crippen LogP contribution in [0.5, 0.6) is 0 Å². The van der Waals surface area contributed by atoms with E-state index in [-0.39, 0.29) is 0 Å². The molecule has 0 amide bonds. The quantitative estimate of drug-likeness (QED) is 0.816. The molecule has 1 nitrogen and oxygen atoms in total. The molecule has 1 fully saturated rings. The molecule has 1 aromatic carbocycles. The fourth-order valence-corrected chi connectivity index (χ4v) is 1.90. The molecule has 0 bridgehead atoms. The highest BCUT2D eigenvalue weighted by atomic mass is 79.9. The highest BCUT2D eigenvalue weighted by molar-refractivity contribution is 9.10. The predicted octanol–water partition coefficient (Wildman–Crippen LogP) is 2.35. The van der Waals surface area contributed by atoms with Crippen LogP contribution in [0.3, 0.4) is 0 Å². The highest BCUT2D eigenvalue weighted by Crippen LogP contribution is 2.19. The van der Waals surface area contributed by atoms with E-state index in [4.69, 9.17) is 0 Å². The number of rotatable bonds is 2. The van der Waals surface area contributed by atoms with Crippen LogP contribution in [0.4, 0.5) is 0 Å². The molecule has 1 N–H and O–H groups in total. The second kappa shape index (κ2) is 3.58. The summed E-state index contributed by atoms with van der Waals surface area (Å²) < 4.78 is 1.23. The lowest BCUT2D eigenvalue weighted by Gasteiger charge is -2.27. The summed E-state index contributed by atoms with van der Waals surface area (Å²) >= 11 is 3.55. The molecule has 0 radical (unpaired) electrons. The van der Waals surface area contributed by atoms with Crippen molar-refractivity contribution in [2.24, 2.45) is 0 Å². The second-order valence-electron chi connectivity index (χ2n) is 3.24. The van der Waals surface area contributed by atoms with E-state index in [1.54, 1.807) is 0 Å². The van der Waals surface area contributed by atoms with Gasteiger partial charge in [-0.1, -0.05) is 34.1 Å². The van der Waals surface area contributed by atoms with Gasteiger partial charge >= 0.3 is 0 Å². The average molecular weight is 226 g/mol. The topological polar surface area (TPSA) is 12.0 Å². The minimum Gasteiger partial charge on any atom is -0.314 e. The first kappa shape index (κ1) is 8.27. The first-order valence-electron chi connectivity index (χ1n) is 4.33. The molecule has 2 heteroatoms. The van der Waals surface area contributed by atoms with Gasteiger partial charge in [0.25, 0.3) is 0 Å². The molecule has 0 aliphatic carbocycles. The van der Waals surface area contributed by atoms with Crippen LogP contribution in [-0.4, -0.2) is 12.6 Å². The summed E-state index contributed by atoms with van der Waals surface area (Å²) in [5, 5.41) is 3.40. The summed E-state index contributed by atoms with van der Waals surface area (Å²) in [5.41, 5.74) is 1.41. The molecule has 1 atom stereocenters. The zero-order chi connectivity index (χ0) is 8.39. The molecular formula is C10H12BrN. The molecule has 1 aromatic rings. The third kappa shape index (κ3) is 1.70. The molecular weight excluding hydrogens is 214 g/mol. The minimum atomic E-state index is 0.712. The van der Waals surface area contributed by atoms with Gasteiger partial charge in [0, 0.05) is 10.5 Å². The summed E-state index contributed by atoms with van der Waals surface area (Å²) in [7, 11) is 0. The lowest BCUT2D eigenvalue weighted by molar-refractivity contribution is 0.369. The van der Waals surface area contributed by atoms with Gasteiger partial charge in [0.2, 0.25) is 0 Å². The van der Waals surface area contributed by atoms with Crippen LogP contribution in [0.2, 0.25) is 0 Å². The van der Waals surface area contributed by atoms with Crippen LogP contribution in [0, 0.1) is 0 Å². The van der Waals surface area contributed by atoms with Crippen molar-refractivity contribution in [3.63, 3.8) is 0 Å². The molecule has 1 aliphatic rings. The first-order valence-corrected chi connectivity index (χ1v) is 5.12. The summed E-state index contributed by atoms with van der Waals surface area (Å²) in [4.78, 5) is 0. The van der Waals surface area contributed by atoms with Crippen molar-refractivity contribution >= 4 is 15.9 Å². The van der Waals surface area contributed by atoms with Gasteiger partial charge < -0.3 is 5.32 Å². The number of nitrogens with one attached hydrogen (secondary N) is 1. The SMILES string of the molecule is Brc1ccccc1CC1CCN1. The van der Waals surface area contributed by atoms with Gasteiger partial charge in [-0.15, -0.1) is 0 Å². The molecule has 12 heavy (non-hydrogen) atoms. The van der Waals surface area contributed by atoms with Gasteiger partial charge in [-0.2, -0.15) is 0 Å².